The Morgan fingerprint density at radius 2 is 2.33 bits per heavy atom. The minimum absolute atomic E-state index is 0.451. The fourth-order valence-electron chi connectivity index (χ4n) is 1.73. The van der Waals surface area contributed by atoms with E-state index >= 15 is 0 Å². The van der Waals surface area contributed by atoms with Crippen LogP contribution in [0.1, 0.15) is 18.2 Å². The normalized spacial score (nSPS) is 14.5. The number of hydrogen-bond acceptors (Lipinski definition) is 5. The van der Waals surface area contributed by atoms with Crippen molar-refractivity contribution in [3.8, 4) is 6.01 Å². The summed E-state index contributed by atoms with van der Waals surface area (Å²) in [5.41, 5.74) is 2.26. The second-order valence-corrected chi connectivity index (χ2v) is 3.44. The van der Waals surface area contributed by atoms with E-state index in [-0.39, 0.29) is 0 Å². The average molecular weight is 208 g/mol. The van der Waals surface area contributed by atoms with Crippen molar-refractivity contribution < 1.29 is 4.74 Å². The highest BCUT2D eigenvalue weighted by atomic mass is 16.5. The molecule has 0 unspecified atom stereocenters. The van der Waals surface area contributed by atoms with Crippen LogP contribution in [-0.2, 0) is 13.0 Å². The number of nitrogens with one attached hydrogen (secondary N) is 2. The van der Waals surface area contributed by atoms with Crippen molar-refractivity contribution in [2.45, 2.75) is 19.9 Å². The molecule has 2 rings (SSSR count). The van der Waals surface area contributed by atoms with E-state index in [1.54, 1.807) is 7.11 Å². The van der Waals surface area contributed by atoms with Gasteiger partial charge < -0.3 is 15.4 Å². The predicted molar refractivity (Wildman–Crippen MR) is 58.2 cm³/mol. The first kappa shape index (κ1) is 10.2. The highest BCUT2D eigenvalue weighted by Gasteiger charge is 2.17. The van der Waals surface area contributed by atoms with Crippen molar-refractivity contribution in [3.63, 3.8) is 0 Å². The van der Waals surface area contributed by atoms with Crippen molar-refractivity contribution in [2.24, 2.45) is 0 Å². The summed E-state index contributed by atoms with van der Waals surface area (Å²) in [7, 11) is 1.60. The standard InChI is InChI=1S/C10H16N4O/c1-3-12-9-7-6-11-5-4-8(7)13-10(14-9)15-2/h11H,3-6H2,1-2H3,(H,12,13,14). The van der Waals surface area contributed by atoms with Gasteiger partial charge in [-0.15, -0.1) is 0 Å². The van der Waals surface area contributed by atoms with Crippen LogP contribution in [0.25, 0.3) is 0 Å². The second kappa shape index (κ2) is 4.44. The number of anilines is 1. The van der Waals surface area contributed by atoms with Crippen molar-refractivity contribution in [1.82, 2.24) is 15.3 Å². The summed E-state index contributed by atoms with van der Waals surface area (Å²) in [5.74, 6) is 0.895. The number of fused-ring (bicyclic) bond motifs is 1. The Kier molecular flexibility index (Phi) is 3.01. The Morgan fingerprint density at radius 3 is 3.07 bits per heavy atom. The van der Waals surface area contributed by atoms with Gasteiger partial charge in [-0.25, -0.2) is 0 Å². The van der Waals surface area contributed by atoms with E-state index in [1.807, 2.05) is 0 Å². The lowest BCUT2D eigenvalue weighted by Crippen LogP contribution is -2.26. The molecule has 5 nitrogen and oxygen atoms in total. The van der Waals surface area contributed by atoms with Gasteiger partial charge in [0.2, 0.25) is 0 Å². The lowest BCUT2D eigenvalue weighted by molar-refractivity contribution is 0.376. The molecular formula is C10H16N4O. The van der Waals surface area contributed by atoms with Crippen LogP contribution in [0, 0.1) is 0 Å². The van der Waals surface area contributed by atoms with Crippen LogP contribution in [0.2, 0.25) is 0 Å². The van der Waals surface area contributed by atoms with Crippen LogP contribution >= 0.6 is 0 Å². The smallest absolute Gasteiger partial charge is 0.318 e. The fourth-order valence-corrected chi connectivity index (χ4v) is 1.73. The molecule has 0 amide bonds. The highest BCUT2D eigenvalue weighted by Crippen LogP contribution is 2.22. The molecule has 1 aliphatic rings. The Balaban J connectivity index is 2.41. The van der Waals surface area contributed by atoms with E-state index in [1.165, 1.54) is 5.56 Å². The fraction of sp³-hybridized carbons (Fsp3) is 0.600. The molecular weight excluding hydrogens is 192 g/mol. The van der Waals surface area contributed by atoms with Gasteiger partial charge in [0.15, 0.2) is 0 Å². The van der Waals surface area contributed by atoms with Gasteiger partial charge in [0.25, 0.3) is 0 Å². The minimum Gasteiger partial charge on any atom is -0.467 e. The molecule has 15 heavy (non-hydrogen) atoms. The summed E-state index contributed by atoms with van der Waals surface area (Å²) >= 11 is 0. The number of aromatic nitrogens is 2. The Morgan fingerprint density at radius 1 is 1.47 bits per heavy atom. The third-order valence-corrected chi connectivity index (χ3v) is 2.44. The van der Waals surface area contributed by atoms with Crippen molar-refractivity contribution in [1.29, 1.82) is 0 Å². The molecule has 1 aliphatic heterocycles. The molecule has 1 aromatic heterocycles. The molecule has 0 bridgehead atoms. The SMILES string of the molecule is CCNc1nc(OC)nc2c1CNCC2. The summed E-state index contributed by atoms with van der Waals surface area (Å²) < 4.78 is 5.08. The largest absolute Gasteiger partial charge is 0.467 e. The van der Waals surface area contributed by atoms with E-state index in [9.17, 15) is 0 Å². The summed E-state index contributed by atoms with van der Waals surface area (Å²) in [4.78, 5) is 8.67. The van der Waals surface area contributed by atoms with Crippen molar-refractivity contribution in [3.05, 3.63) is 11.3 Å². The van der Waals surface area contributed by atoms with Crippen LogP contribution in [0.3, 0.4) is 0 Å². The van der Waals surface area contributed by atoms with Crippen LogP contribution in [0.5, 0.6) is 6.01 Å². The van der Waals surface area contributed by atoms with Gasteiger partial charge in [-0.2, -0.15) is 9.97 Å². The maximum absolute atomic E-state index is 5.08. The third-order valence-electron chi connectivity index (χ3n) is 2.44. The number of nitrogens with zero attached hydrogens (tertiary/aromatic N) is 2. The molecule has 5 heteroatoms. The van der Waals surface area contributed by atoms with Crippen LogP contribution in [-0.4, -0.2) is 30.2 Å². The van der Waals surface area contributed by atoms with Gasteiger partial charge in [0.05, 0.1) is 12.8 Å². The Labute approximate surface area is 89.3 Å². The van der Waals surface area contributed by atoms with Gasteiger partial charge in [-0.05, 0) is 6.92 Å². The number of ether oxygens (including phenoxy) is 1. The van der Waals surface area contributed by atoms with Crippen molar-refractivity contribution in [2.75, 3.05) is 25.5 Å². The molecule has 0 saturated carbocycles. The molecule has 0 atom stereocenters. The first-order valence-corrected chi connectivity index (χ1v) is 5.23. The first-order valence-electron chi connectivity index (χ1n) is 5.23. The first-order chi connectivity index (χ1) is 7.35. The molecule has 0 spiro atoms. The lowest BCUT2D eigenvalue weighted by Gasteiger charge is -2.19. The lowest BCUT2D eigenvalue weighted by atomic mass is 10.1. The number of rotatable bonds is 3. The van der Waals surface area contributed by atoms with E-state index < -0.39 is 0 Å². The van der Waals surface area contributed by atoms with E-state index in [0.717, 1.165) is 37.6 Å². The quantitative estimate of drug-likeness (QED) is 0.760. The monoisotopic (exact) mass is 208 g/mol. The molecule has 0 fully saturated rings. The van der Waals surface area contributed by atoms with Gasteiger partial charge in [0.1, 0.15) is 5.82 Å². The maximum Gasteiger partial charge on any atom is 0.318 e. The average Bonchev–Trinajstić information content (AvgIpc) is 2.29. The van der Waals surface area contributed by atoms with E-state index in [4.69, 9.17) is 4.74 Å². The number of hydrogen-bond donors (Lipinski definition) is 2. The van der Waals surface area contributed by atoms with Gasteiger partial charge in [0, 0.05) is 31.6 Å². The summed E-state index contributed by atoms with van der Waals surface area (Å²) in [6.07, 6.45) is 0.937. The van der Waals surface area contributed by atoms with Crippen LogP contribution in [0.15, 0.2) is 0 Å². The van der Waals surface area contributed by atoms with Crippen LogP contribution in [0.4, 0.5) is 5.82 Å². The number of methoxy groups -OCH3 is 1. The highest BCUT2D eigenvalue weighted by molar-refractivity contribution is 5.48. The van der Waals surface area contributed by atoms with E-state index in [2.05, 4.69) is 27.5 Å². The minimum atomic E-state index is 0.451. The molecule has 82 valence electrons. The molecule has 2 N–H and O–H groups in total. The second-order valence-electron chi connectivity index (χ2n) is 3.44. The van der Waals surface area contributed by atoms with Gasteiger partial charge in [-0.3, -0.25) is 0 Å². The zero-order chi connectivity index (χ0) is 10.7. The Hall–Kier alpha value is -1.36. The molecule has 0 aliphatic carbocycles. The molecule has 2 heterocycles. The maximum atomic E-state index is 5.08. The Bertz CT molecular complexity index is 354. The summed E-state index contributed by atoms with van der Waals surface area (Å²) in [6.45, 7) is 4.71. The predicted octanol–water partition coefficient (Wildman–Crippen LogP) is 0.563. The van der Waals surface area contributed by atoms with Gasteiger partial charge in [-0.1, -0.05) is 0 Å². The molecule has 0 aromatic carbocycles. The van der Waals surface area contributed by atoms with Gasteiger partial charge >= 0.3 is 6.01 Å². The zero-order valence-electron chi connectivity index (χ0n) is 9.13. The molecule has 0 saturated heterocycles. The zero-order valence-corrected chi connectivity index (χ0v) is 9.13. The molecule has 1 aromatic rings. The molecule has 0 radical (unpaired) electrons. The van der Waals surface area contributed by atoms with E-state index in [0.29, 0.717) is 6.01 Å². The van der Waals surface area contributed by atoms with Crippen LogP contribution < -0.4 is 15.4 Å². The summed E-state index contributed by atoms with van der Waals surface area (Å²) in [6, 6.07) is 0.451. The summed E-state index contributed by atoms with van der Waals surface area (Å²) in [5, 5.41) is 6.56. The topological polar surface area (TPSA) is 59.1 Å². The van der Waals surface area contributed by atoms with Crippen molar-refractivity contribution >= 4 is 5.82 Å². The third kappa shape index (κ3) is 2.02.